The van der Waals surface area contributed by atoms with Gasteiger partial charge in [-0.25, -0.2) is 8.42 Å². The van der Waals surface area contributed by atoms with Crippen molar-refractivity contribution in [2.45, 2.75) is 25.8 Å². The highest BCUT2D eigenvalue weighted by Crippen LogP contribution is 2.30. The summed E-state index contributed by atoms with van der Waals surface area (Å²) in [6, 6.07) is 6.42. The highest BCUT2D eigenvalue weighted by molar-refractivity contribution is 7.90. The molecule has 1 aromatic carbocycles. The first-order valence-corrected chi connectivity index (χ1v) is 8.74. The minimum absolute atomic E-state index is 0.0598. The van der Waals surface area contributed by atoms with Gasteiger partial charge < -0.3 is 10.6 Å². The lowest BCUT2D eigenvalue weighted by atomic mass is 10.0. The Kier molecular flexibility index (Phi) is 4.16. The topological polar surface area (TPSA) is 63.4 Å². The first kappa shape index (κ1) is 14.3. The third kappa shape index (κ3) is 3.70. The maximum Gasteiger partial charge on any atom is 0.147 e. The van der Waals surface area contributed by atoms with Crippen LogP contribution >= 0.6 is 0 Å². The van der Waals surface area contributed by atoms with Crippen LogP contribution in [0.2, 0.25) is 0 Å². The van der Waals surface area contributed by atoms with Crippen LogP contribution in [0, 0.1) is 0 Å². The van der Waals surface area contributed by atoms with Gasteiger partial charge in [-0.15, -0.1) is 0 Å². The van der Waals surface area contributed by atoms with E-state index in [1.807, 2.05) is 6.92 Å². The monoisotopic (exact) mass is 282 g/mol. The van der Waals surface area contributed by atoms with Gasteiger partial charge in [0.1, 0.15) is 9.84 Å². The lowest BCUT2D eigenvalue weighted by Crippen LogP contribution is -2.23. The zero-order valence-electron chi connectivity index (χ0n) is 11.6. The van der Waals surface area contributed by atoms with Crippen LogP contribution in [-0.4, -0.2) is 33.5 Å². The van der Waals surface area contributed by atoms with E-state index < -0.39 is 9.84 Å². The van der Waals surface area contributed by atoms with Gasteiger partial charge in [0.05, 0.1) is 5.75 Å². The van der Waals surface area contributed by atoms with E-state index in [1.54, 1.807) is 0 Å². The molecule has 1 aromatic rings. The van der Waals surface area contributed by atoms with Crippen LogP contribution in [0.5, 0.6) is 0 Å². The maximum atomic E-state index is 11.1. The third-order valence-electron chi connectivity index (χ3n) is 3.56. The number of anilines is 1. The molecule has 0 bridgehead atoms. The number of rotatable bonds is 5. The second kappa shape index (κ2) is 5.51. The molecule has 0 saturated heterocycles. The van der Waals surface area contributed by atoms with Gasteiger partial charge in [-0.05, 0) is 37.0 Å². The molecule has 1 aliphatic rings. The van der Waals surface area contributed by atoms with E-state index in [1.165, 1.54) is 17.5 Å². The minimum Gasteiger partial charge on any atom is -0.371 e. The fourth-order valence-corrected chi connectivity index (χ4v) is 3.18. The van der Waals surface area contributed by atoms with Gasteiger partial charge in [0.25, 0.3) is 0 Å². The summed E-state index contributed by atoms with van der Waals surface area (Å²) in [5.41, 5.74) is 9.62. The average Bonchev–Trinajstić information content (AvgIpc) is 2.70. The largest absolute Gasteiger partial charge is 0.371 e. The number of hydrogen-bond acceptors (Lipinski definition) is 4. The molecule has 2 rings (SSSR count). The van der Waals surface area contributed by atoms with Crippen LogP contribution < -0.4 is 10.6 Å². The Morgan fingerprint density at radius 3 is 2.79 bits per heavy atom. The summed E-state index contributed by atoms with van der Waals surface area (Å²) in [6.45, 7) is 3.76. The average molecular weight is 282 g/mol. The van der Waals surface area contributed by atoms with Gasteiger partial charge in [-0.2, -0.15) is 0 Å². The molecule has 0 aromatic heterocycles. The number of hydrogen-bond donors (Lipinski definition) is 1. The number of benzene rings is 1. The summed E-state index contributed by atoms with van der Waals surface area (Å²) >= 11 is 0. The number of sulfone groups is 1. The van der Waals surface area contributed by atoms with Crippen LogP contribution in [0.15, 0.2) is 18.2 Å². The molecule has 1 heterocycles. The minimum atomic E-state index is -2.85. The van der Waals surface area contributed by atoms with Gasteiger partial charge in [-0.1, -0.05) is 12.1 Å². The van der Waals surface area contributed by atoms with E-state index in [4.69, 9.17) is 5.73 Å². The molecule has 0 radical (unpaired) electrons. The summed E-state index contributed by atoms with van der Waals surface area (Å²) in [5, 5.41) is 0. The van der Waals surface area contributed by atoms with Crippen molar-refractivity contribution in [1.29, 1.82) is 0 Å². The lowest BCUT2D eigenvalue weighted by molar-refractivity contribution is 0.598. The van der Waals surface area contributed by atoms with Crippen LogP contribution in [0.4, 0.5) is 5.69 Å². The van der Waals surface area contributed by atoms with E-state index in [0.29, 0.717) is 6.42 Å². The van der Waals surface area contributed by atoms with Gasteiger partial charge in [0, 0.05) is 31.1 Å². The predicted molar refractivity (Wildman–Crippen MR) is 79.3 cm³/mol. The molecular formula is C14H22N2O2S. The summed E-state index contributed by atoms with van der Waals surface area (Å²) in [5.74, 6) is 0.261. The molecule has 0 saturated carbocycles. The maximum absolute atomic E-state index is 11.1. The molecule has 0 fully saturated rings. The molecule has 0 aliphatic carbocycles. The van der Waals surface area contributed by atoms with Crippen molar-refractivity contribution in [1.82, 2.24) is 0 Å². The van der Waals surface area contributed by atoms with Crippen molar-refractivity contribution in [3.8, 4) is 0 Å². The van der Waals surface area contributed by atoms with Crippen LogP contribution in [-0.2, 0) is 16.3 Å². The van der Waals surface area contributed by atoms with Crippen molar-refractivity contribution >= 4 is 15.5 Å². The highest BCUT2D eigenvalue weighted by atomic mass is 32.2. The second-order valence-corrected chi connectivity index (χ2v) is 7.66. The molecular weight excluding hydrogens is 260 g/mol. The van der Waals surface area contributed by atoms with Crippen LogP contribution in [0.1, 0.15) is 30.5 Å². The predicted octanol–water partition coefficient (Wildman–Crippen LogP) is 1.50. The zero-order chi connectivity index (χ0) is 14.0. The summed E-state index contributed by atoms with van der Waals surface area (Å²) in [7, 11) is -2.85. The molecule has 1 aliphatic heterocycles. The SMILES string of the molecule is CC(N)c1ccc2c(c1)CCN2CCCS(C)(=O)=O. The van der Waals surface area contributed by atoms with E-state index in [0.717, 1.165) is 25.1 Å². The molecule has 1 unspecified atom stereocenters. The van der Waals surface area contributed by atoms with Crippen molar-refractivity contribution in [3.63, 3.8) is 0 Å². The number of nitrogens with zero attached hydrogens (tertiary/aromatic N) is 1. The Bertz CT molecular complexity index is 553. The second-order valence-electron chi connectivity index (χ2n) is 5.40. The van der Waals surface area contributed by atoms with Crippen LogP contribution in [0.25, 0.3) is 0 Å². The summed E-state index contributed by atoms with van der Waals surface area (Å²) < 4.78 is 22.3. The first-order chi connectivity index (χ1) is 8.87. The highest BCUT2D eigenvalue weighted by Gasteiger charge is 2.19. The van der Waals surface area contributed by atoms with Gasteiger partial charge in [-0.3, -0.25) is 0 Å². The molecule has 1 atom stereocenters. The standard InChI is InChI=1S/C14H22N2O2S/c1-11(15)12-4-5-14-13(10-12)6-8-16(14)7-3-9-19(2,17)18/h4-5,10-11H,3,6-9,15H2,1-2H3. The van der Waals surface area contributed by atoms with Crippen molar-refractivity contribution < 1.29 is 8.42 Å². The molecule has 2 N–H and O–H groups in total. The Morgan fingerprint density at radius 1 is 1.42 bits per heavy atom. The van der Waals surface area contributed by atoms with Gasteiger partial charge >= 0.3 is 0 Å². The molecule has 5 heteroatoms. The zero-order valence-corrected chi connectivity index (χ0v) is 12.4. The molecule has 0 spiro atoms. The first-order valence-electron chi connectivity index (χ1n) is 6.68. The Morgan fingerprint density at radius 2 is 2.16 bits per heavy atom. The fraction of sp³-hybridized carbons (Fsp3) is 0.571. The smallest absolute Gasteiger partial charge is 0.147 e. The fourth-order valence-electron chi connectivity index (χ4n) is 2.52. The Labute approximate surface area is 115 Å². The van der Waals surface area contributed by atoms with Crippen molar-refractivity contribution in [2.24, 2.45) is 5.73 Å². The molecule has 19 heavy (non-hydrogen) atoms. The van der Waals surface area contributed by atoms with Gasteiger partial charge in [0.2, 0.25) is 0 Å². The molecule has 106 valence electrons. The normalized spacial score (nSPS) is 16.5. The summed E-state index contributed by atoms with van der Waals surface area (Å²) in [4.78, 5) is 2.27. The van der Waals surface area contributed by atoms with E-state index in [9.17, 15) is 8.42 Å². The number of nitrogens with two attached hydrogens (primary N) is 1. The Balaban J connectivity index is 2.02. The number of fused-ring (bicyclic) bond motifs is 1. The quantitative estimate of drug-likeness (QED) is 0.889. The van der Waals surface area contributed by atoms with Crippen molar-refractivity contribution in [2.75, 3.05) is 30.0 Å². The molecule has 0 amide bonds. The third-order valence-corrected chi connectivity index (χ3v) is 4.59. The Hall–Kier alpha value is -1.07. The summed E-state index contributed by atoms with van der Waals surface area (Å²) in [6.07, 6.45) is 3.00. The van der Waals surface area contributed by atoms with E-state index >= 15 is 0 Å². The van der Waals surface area contributed by atoms with Gasteiger partial charge in [0.15, 0.2) is 0 Å². The lowest BCUT2D eigenvalue weighted by Gasteiger charge is -2.19. The van der Waals surface area contributed by atoms with Crippen molar-refractivity contribution in [3.05, 3.63) is 29.3 Å². The van der Waals surface area contributed by atoms with Crippen LogP contribution in [0.3, 0.4) is 0 Å². The van der Waals surface area contributed by atoms with E-state index in [2.05, 4.69) is 23.1 Å². The van der Waals surface area contributed by atoms with E-state index in [-0.39, 0.29) is 11.8 Å². The molecule has 4 nitrogen and oxygen atoms in total.